The number of hydrogen-bond donors (Lipinski definition) is 0. The van der Waals surface area contributed by atoms with Crippen molar-refractivity contribution in [1.29, 1.82) is 0 Å². The molecule has 0 aliphatic carbocycles. The molecule has 0 atom stereocenters. The fourth-order valence-corrected chi connectivity index (χ4v) is 3.36. The van der Waals surface area contributed by atoms with Crippen molar-refractivity contribution in [3.63, 3.8) is 0 Å². The number of benzene rings is 3. The van der Waals surface area contributed by atoms with Gasteiger partial charge in [0.15, 0.2) is 0 Å². The molecule has 5 heteroatoms. The zero-order chi connectivity index (χ0) is 23.3. The Labute approximate surface area is 188 Å². The van der Waals surface area contributed by atoms with Crippen molar-refractivity contribution >= 4 is 23.3 Å². The molecule has 0 bridgehead atoms. The molecule has 3 rings (SSSR count). The first kappa shape index (κ1) is 22.6. The van der Waals surface area contributed by atoms with Gasteiger partial charge in [-0.2, -0.15) is 0 Å². The van der Waals surface area contributed by atoms with Gasteiger partial charge in [0.2, 0.25) is 0 Å². The largest absolute Gasteiger partial charge is 0.423 e. The van der Waals surface area contributed by atoms with Crippen LogP contribution in [0.4, 0.5) is 11.4 Å². The van der Waals surface area contributed by atoms with Crippen LogP contribution in [0.25, 0.3) is 11.1 Å². The highest BCUT2D eigenvalue weighted by Crippen LogP contribution is 2.33. The van der Waals surface area contributed by atoms with Crippen LogP contribution < -0.4 is 14.4 Å². The third-order valence-corrected chi connectivity index (χ3v) is 5.08. The van der Waals surface area contributed by atoms with E-state index in [1.807, 2.05) is 38.2 Å². The van der Waals surface area contributed by atoms with Crippen LogP contribution in [0, 0.1) is 13.8 Å². The number of aryl methyl sites for hydroxylation is 2. The Balaban J connectivity index is 1.81. The lowest BCUT2D eigenvalue weighted by Gasteiger charge is -2.21. The summed E-state index contributed by atoms with van der Waals surface area (Å²) in [5.41, 5.74) is 6.28. The van der Waals surface area contributed by atoms with Gasteiger partial charge >= 0.3 is 11.9 Å². The van der Waals surface area contributed by atoms with E-state index in [-0.39, 0.29) is 0 Å². The Bertz CT molecular complexity index is 1180. The predicted octanol–water partition coefficient (Wildman–Crippen LogP) is 5.92. The normalized spacial score (nSPS) is 10.2. The summed E-state index contributed by atoms with van der Waals surface area (Å²) in [6, 6.07) is 19.1. The summed E-state index contributed by atoms with van der Waals surface area (Å²) in [7, 11) is 1.98. The molecule has 0 N–H and O–H groups in total. The zero-order valence-electron chi connectivity index (χ0n) is 18.4. The first-order valence-electron chi connectivity index (χ1n) is 10.1. The van der Waals surface area contributed by atoms with Gasteiger partial charge < -0.3 is 14.4 Å². The number of carbonyl (C=O) groups is 2. The van der Waals surface area contributed by atoms with Crippen molar-refractivity contribution in [1.82, 2.24) is 0 Å². The molecule has 0 aliphatic heterocycles. The van der Waals surface area contributed by atoms with Gasteiger partial charge in [0, 0.05) is 30.6 Å². The van der Waals surface area contributed by atoms with Crippen LogP contribution in [0.3, 0.4) is 0 Å². The average Bonchev–Trinajstić information content (AvgIpc) is 2.79. The highest BCUT2D eigenvalue weighted by atomic mass is 16.5. The number of anilines is 2. The molecule has 0 spiro atoms. The molecule has 162 valence electrons. The number of hydrogen-bond acceptors (Lipinski definition) is 5. The maximum absolute atomic E-state index is 11.4. The molecule has 0 aliphatic rings. The third-order valence-electron chi connectivity index (χ3n) is 5.08. The van der Waals surface area contributed by atoms with E-state index < -0.39 is 11.9 Å². The van der Waals surface area contributed by atoms with Gasteiger partial charge in [0.1, 0.15) is 11.5 Å². The first-order chi connectivity index (χ1) is 15.3. The van der Waals surface area contributed by atoms with E-state index >= 15 is 0 Å². The number of nitrogens with zero attached hydrogens (tertiary/aromatic N) is 1. The monoisotopic (exact) mass is 427 g/mol. The second-order valence-corrected chi connectivity index (χ2v) is 7.28. The molecular formula is C27H25NO4. The van der Waals surface area contributed by atoms with Crippen molar-refractivity contribution < 1.29 is 19.1 Å². The number of rotatable bonds is 7. The molecule has 0 fully saturated rings. The lowest BCUT2D eigenvalue weighted by molar-refractivity contribution is -0.129. The number of esters is 2. The van der Waals surface area contributed by atoms with E-state index in [9.17, 15) is 9.59 Å². The highest BCUT2D eigenvalue weighted by molar-refractivity contribution is 5.84. The summed E-state index contributed by atoms with van der Waals surface area (Å²) in [6.45, 7) is 10.9. The molecule has 32 heavy (non-hydrogen) atoms. The van der Waals surface area contributed by atoms with Crippen LogP contribution in [0.1, 0.15) is 11.1 Å². The van der Waals surface area contributed by atoms with Crippen molar-refractivity contribution in [3.8, 4) is 22.6 Å². The molecule has 0 saturated heterocycles. The van der Waals surface area contributed by atoms with E-state index in [1.165, 1.54) is 0 Å². The van der Waals surface area contributed by atoms with Crippen molar-refractivity contribution in [2.24, 2.45) is 0 Å². The minimum Gasteiger partial charge on any atom is -0.423 e. The molecule has 0 saturated carbocycles. The molecule has 0 amide bonds. The lowest BCUT2D eigenvalue weighted by Crippen LogP contribution is -2.10. The zero-order valence-corrected chi connectivity index (χ0v) is 18.4. The molecule has 0 radical (unpaired) electrons. The average molecular weight is 428 g/mol. The van der Waals surface area contributed by atoms with Crippen molar-refractivity contribution in [3.05, 3.63) is 97.1 Å². The van der Waals surface area contributed by atoms with Crippen LogP contribution in [0.2, 0.25) is 0 Å². The second kappa shape index (κ2) is 9.79. The molecule has 3 aromatic rings. The minimum atomic E-state index is -0.487. The number of ether oxygens (including phenoxy) is 2. The summed E-state index contributed by atoms with van der Waals surface area (Å²) >= 11 is 0. The van der Waals surface area contributed by atoms with Crippen molar-refractivity contribution in [2.45, 2.75) is 13.8 Å². The first-order valence-corrected chi connectivity index (χ1v) is 10.1. The topological polar surface area (TPSA) is 55.8 Å². The second-order valence-electron chi connectivity index (χ2n) is 7.28. The molecule has 0 heterocycles. The Morgan fingerprint density at radius 3 is 1.72 bits per heavy atom. The van der Waals surface area contributed by atoms with Crippen molar-refractivity contribution in [2.75, 3.05) is 11.9 Å². The van der Waals surface area contributed by atoms with Gasteiger partial charge in [-0.15, -0.1) is 0 Å². The van der Waals surface area contributed by atoms with Crippen LogP contribution in [0.5, 0.6) is 11.5 Å². The maximum atomic E-state index is 11.4. The summed E-state index contributed by atoms with van der Waals surface area (Å²) in [5, 5.41) is 0. The molecule has 0 unspecified atom stereocenters. The van der Waals surface area contributed by atoms with E-state index in [4.69, 9.17) is 9.47 Å². The van der Waals surface area contributed by atoms with Crippen LogP contribution in [0.15, 0.2) is 86.0 Å². The van der Waals surface area contributed by atoms with Gasteiger partial charge in [-0.25, -0.2) is 9.59 Å². The number of carbonyl (C=O) groups excluding carboxylic acids is 2. The molecule has 3 aromatic carbocycles. The van der Waals surface area contributed by atoms with Gasteiger partial charge in [-0.05, 0) is 84.6 Å². The maximum Gasteiger partial charge on any atom is 0.335 e. The predicted molar refractivity (Wildman–Crippen MR) is 128 cm³/mol. The van der Waals surface area contributed by atoms with E-state index in [1.54, 1.807) is 18.2 Å². The van der Waals surface area contributed by atoms with Gasteiger partial charge in [0.05, 0.1) is 0 Å². The van der Waals surface area contributed by atoms with Crippen LogP contribution in [-0.2, 0) is 9.59 Å². The highest BCUT2D eigenvalue weighted by Gasteiger charge is 2.11. The van der Waals surface area contributed by atoms with Gasteiger partial charge in [0.25, 0.3) is 0 Å². The Hall–Kier alpha value is -4.12. The summed E-state index contributed by atoms with van der Waals surface area (Å²) in [4.78, 5) is 24.8. The summed E-state index contributed by atoms with van der Waals surface area (Å²) in [5.74, 6) is -0.00391. The van der Waals surface area contributed by atoms with Crippen LogP contribution in [-0.4, -0.2) is 19.0 Å². The SMILES string of the molecule is C=CC(=O)Oc1ccc(N(C)c2ccc(-c3ccc(OC(=O)C=C)cc3C)c(C)c2)cc1. The molecular weight excluding hydrogens is 402 g/mol. The smallest absolute Gasteiger partial charge is 0.335 e. The van der Waals surface area contributed by atoms with E-state index in [0.717, 1.165) is 45.8 Å². The standard InChI is InChI=1S/C27H25NO4/c1-6-26(29)31-22-11-8-20(9-12-22)28(5)21-10-14-24(18(3)16-21)25-15-13-23(17-19(25)4)32-27(30)7-2/h6-17H,1-2H2,3-5H3. The fraction of sp³-hybridized carbons (Fsp3) is 0.111. The van der Waals surface area contributed by atoms with E-state index in [2.05, 4.69) is 43.2 Å². The summed E-state index contributed by atoms with van der Waals surface area (Å²) < 4.78 is 10.3. The quantitative estimate of drug-likeness (QED) is 0.266. The molecule has 0 aromatic heterocycles. The Morgan fingerprint density at radius 1 is 0.719 bits per heavy atom. The minimum absolute atomic E-state index is 0.469. The van der Waals surface area contributed by atoms with Crippen LogP contribution >= 0.6 is 0 Å². The third kappa shape index (κ3) is 5.13. The molecule has 5 nitrogen and oxygen atoms in total. The Kier molecular flexibility index (Phi) is 6.90. The lowest BCUT2D eigenvalue weighted by atomic mass is 9.96. The van der Waals surface area contributed by atoms with Gasteiger partial charge in [-0.1, -0.05) is 25.3 Å². The fourth-order valence-electron chi connectivity index (χ4n) is 3.36. The van der Waals surface area contributed by atoms with E-state index in [0.29, 0.717) is 11.5 Å². The Morgan fingerprint density at radius 2 is 1.19 bits per heavy atom. The summed E-state index contributed by atoms with van der Waals surface area (Å²) in [6.07, 6.45) is 2.28. The van der Waals surface area contributed by atoms with Gasteiger partial charge in [-0.3, -0.25) is 0 Å².